The van der Waals surface area contributed by atoms with Crippen LogP contribution in [-0.4, -0.2) is 38.9 Å². The average molecular weight is 441 g/mol. The van der Waals surface area contributed by atoms with Crippen LogP contribution in [0.2, 0.25) is 0 Å². The standard InChI is InChI=1S/C12H15Br2N3O3S/c1-17-6-8(2-3-11(17)18)16-21(19,20)12-9(14)4-7(13)5-10(12)15/h4-5,8,16H,2-3,6,15H2,1H3. The summed E-state index contributed by atoms with van der Waals surface area (Å²) < 4.78 is 28.7. The second kappa shape index (κ2) is 6.23. The molecule has 1 unspecified atom stereocenters. The van der Waals surface area contributed by atoms with Crippen LogP contribution in [0.1, 0.15) is 12.8 Å². The number of benzene rings is 1. The Kier molecular flexibility index (Phi) is 4.96. The average Bonchev–Trinajstić information content (AvgIpc) is 2.31. The topological polar surface area (TPSA) is 92.5 Å². The third-order valence-electron chi connectivity index (χ3n) is 3.25. The largest absolute Gasteiger partial charge is 0.398 e. The van der Waals surface area contributed by atoms with Crippen molar-refractivity contribution in [1.82, 2.24) is 9.62 Å². The zero-order chi connectivity index (χ0) is 15.8. The first-order valence-corrected chi connectivity index (χ1v) is 9.28. The molecule has 6 nitrogen and oxygen atoms in total. The van der Waals surface area contributed by atoms with Crippen LogP contribution in [0.5, 0.6) is 0 Å². The molecule has 1 amide bonds. The fraction of sp³-hybridized carbons (Fsp3) is 0.417. The second-order valence-corrected chi connectivity index (χ2v) is 8.36. The molecule has 1 aromatic rings. The summed E-state index contributed by atoms with van der Waals surface area (Å²) in [5.41, 5.74) is 5.98. The van der Waals surface area contributed by atoms with E-state index in [4.69, 9.17) is 5.73 Å². The van der Waals surface area contributed by atoms with E-state index >= 15 is 0 Å². The van der Waals surface area contributed by atoms with Crippen LogP contribution in [-0.2, 0) is 14.8 Å². The molecule has 9 heteroatoms. The smallest absolute Gasteiger partial charge is 0.244 e. The van der Waals surface area contributed by atoms with E-state index < -0.39 is 10.0 Å². The van der Waals surface area contributed by atoms with E-state index in [9.17, 15) is 13.2 Å². The van der Waals surface area contributed by atoms with Gasteiger partial charge in [-0.2, -0.15) is 0 Å². The monoisotopic (exact) mass is 439 g/mol. The van der Waals surface area contributed by atoms with Gasteiger partial charge in [0, 0.05) is 35.0 Å². The Hall–Kier alpha value is -0.640. The van der Waals surface area contributed by atoms with Crippen LogP contribution < -0.4 is 10.5 Å². The lowest BCUT2D eigenvalue weighted by atomic mass is 10.1. The van der Waals surface area contributed by atoms with Crippen LogP contribution in [0.25, 0.3) is 0 Å². The summed E-state index contributed by atoms with van der Waals surface area (Å²) in [5.74, 6) is 0.0229. The van der Waals surface area contributed by atoms with Crippen LogP contribution >= 0.6 is 31.9 Å². The summed E-state index contributed by atoms with van der Waals surface area (Å²) in [5, 5.41) is 0. The van der Waals surface area contributed by atoms with Crippen molar-refractivity contribution in [3.8, 4) is 0 Å². The maximum atomic E-state index is 12.5. The van der Waals surface area contributed by atoms with E-state index in [1.54, 1.807) is 13.1 Å². The molecule has 1 fully saturated rings. The van der Waals surface area contributed by atoms with Crippen LogP contribution in [0, 0.1) is 0 Å². The van der Waals surface area contributed by atoms with Gasteiger partial charge in [-0.25, -0.2) is 13.1 Å². The summed E-state index contributed by atoms with van der Waals surface area (Å²) in [7, 11) is -2.10. The van der Waals surface area contributed by atoms with Crippen molar-refractivity contribution in [2.75, 3.05) is 19.3 Å². The molecule has 0 spiro atoms. The van der Waals surface area contributed by atoms with Gasteiger partial charge in [0.1, 0.15) is 4.90 Å². The lowest BCUT2D eigenvalue weighted by Crippen LogP contribution is -2.48. The summed E-state index contributed by atoms with van der Waals surface area (Å²) >= 11 is 6.48. The van der Waals surface area contributed by atoms with Crippen LogP contribution in [0.3, 0.4) is 0 Å². The number of carbonyl (C=O) groups excluding carboxylic acids is 1. The van der Waals surface area contributed by atoms with Gasteiger partial charge in [0.15, 0.2) is 0 Å². The molecular weight excluding hydrogens is 426 g/mol. The molecule has 21 heavy (non-hydrogen) atoms. The van der Waals surface area contributed by atoms with E-state index in [0.717, 1.165) is 0 Å². The van der Waals surface area contributed by atoms with Gasteiger partial charge >= 0.3 is 0 Å². The number of hydrogen-bond donors (Lipinski definition) is 2. The normalized spacial score (nSPS) is 19.9. The molecule has 0 radical (unpaired) electrons. The second-order valence-electron chi connectivity index (χ2n) is 4.94. The predicted molar refractivity (Wildman–Crippen MR) is 87.2 cm³/mol. The summed E-state index contributed by atoms with van der Waals surface area (Å²) in [6, 6.07) is 2.85. The molecular formula is C12H15Br2N3O3S. The molecule has 0 saturated carbocycles. The van der Waals surface area contributed by atoms with E-state index in [0.29, 0.717) is 28.3 Å². The molecule has 1 saturated heterocycles. The number of nitrogens with two attached hydrogens (primary N) is 1. The molecule has 1 aliphatic rings. The fourth-order valence-corrected chi connectivity index (χ4v) is 5.58. The highest BCUT2D eigenvalue weighted by molar-refractivity contribution is 9.11. The van der Waals surface area contributed by atoms with Gasteiger partial charge in [0.05, 0.1) is 5.69 Å². The third-order valence-corrected chi connectivity index (χ3v) is 6.24. The molecule has 1 atom stereocenters. The third kappa shape index (κ3) is 3.77. The number of sulfonamides is 1. The van der Waals surface area contributed by atoms with E-state index in [-0.39, 0.29) is 22.5 Å². The number of carbonyl (C=O) groups is 1. The molecule has 1 aromatic carbocycles. The number of amides is 1. The minimum absolute atomic E-state index is 0.0188. The molecule has 0 aliphatic carbocycles. The Bertz CT molecular complexity index is 655. The minimum Gasteiger partial charge on any atom is -0.398 e. The van der Waals surface area contributed by atoms with Crippen LogP contribution in [0.4, 0.5) is 5.69 Å². The SMILES string of the molecule is CN1CC(NS(=O)(=O)c2c(N)cc(Br)cc2Br)CCC1=O. The molecule has 116 valence electrons. The van der Waals surface area contributed by atoms with Crippen molar-refractivity contribution in [2.24, 2.45) is 0 Å². The van der Waals surface area contributed by atoms with E-state index in [1.807, 2.05) is 0 Å². The first kappa shape index (κ1) is 16.7. The number of nitrogen functional groups attached to an aromatic ring is 1. The van der Waals surface area contributed by atoms with Crippen molar-refractivity contribution in [3.05, 3.63) is 21.1 Å². The summed E-state index contributed by atoms with van der Waals surface area (Å²) in [6.45, 7) is 0.353. The summed E-state index contributed by atoms with van der Waals surface area (Å²) in [4.78, 5) is 13.0. The first-order chi connectivity index (χ1) is 9.70. The highest BCUT2D eigenvalue weighted by atomic mass is 79.9. The number of halogens is 2. The van der Waals surface area contributed by atoms with Crippen molar-refractivity contribution < 1.29 is 13.2 Å². The van der Waals surface area contributed by atoms with Crippen molar-refractivity contribution in [2.45, 2.75) is 23.8 Å². The lowest BCUT2D eigenvalue weighted by molar-refractivity contribution is -0.132. The van der Waals surface area contributed by atoms with Gasteiger partial charge in [0.2, 0.25) is 15.9 Å². The number of nitrogens with one attached hydrogen (secondary N) is 1. The Morgan fingerprint density at radius 3 is 2.62 bits per heavy atom. The Morgan fingerprint density at radius 1 is 1.38 bits per heavy atom. The number of likely N-dealkylation sites (tertiary alicyclic amines) is 1. The maximum Gasteiger partial charge on any atom is 0.244 e. The molecule has 1 aliphatic heterocycles. The summed E-state index contributed by atoms with van der Waals surface area (Å²) in [6.07, 6.45) is 0.817. The first-order valence-electron chi connectivity index (χ1n) is 6.21. The number of anilines is 1. The highest BCUT2D eigenvalue weighted by Gasteiger charge is 2.29. The number of likely N-dealkylation sites (N-methyl/N-ethyl adjacent to an activating group) is 1. The van der Waals surface area contributed by atoms with Crippen LogP contribution in [0.15, 0.2) is 26.0 Å². The Labute approximate surface area is 140 Å². The Morgan fingerprint density at radius 2 is 2.05 bits per heavy atom. The highest BCUT2D eigenvalue weighted by Crippen LogP contribution is 2.31. The molecule has 3 N–H and O–H groups in total. The quantitative estimate of drug-likeness (QED) is 0.699. The van der Waals surface area contributed by atoms with Crippen molar-refractivity contribution in [3.63, 3.8) is 0 Å². The number of piperidine rings is 1. The molecule has 2 rings (SSSR count). The zero-order valence-electron chi connectivity index (χ0n) is 11.3. The fourth-order valence-electron chi connectivity index (χ4n) is 2.25. The maximum absolute atomic E-state index is 12.5. The minimum atomic E-state index is -3.76. The number of rotatable bonds is 3. The van der Waals surface area contributed by atoms with Gasteiger partial charge in [-0.3, -0.25) is 4.79 Å². The molecule has 0 aromatic heterocycles. The zero-order valence-corrected chi connectivity index (χ0v) is 15.3. The van der Waals surface area contributed by atoms with Gasteiger partial charge < -0.3 is 10.6 Å². The number of nitrogens with zero attached hydrogens (tertiary/aromatic N) is 1. The number of hydrogen-bond acceptors (Lipinski definition) is 4. The molecule has 0 bridgehead atoms. The predicted octanol–water partition coefficient (Wildman–Crippen LogP) is 1.69. The van der Waals surface area contributed by atoms with Gasteiger partial charge in [-0.05, 0) is 34.5 Å². The van der Waals surface area contributed by atoms with Crippen molar-refractivity contribution in [1.29, 1.82) is 0 Å². The van der Waals surface area contributed by atoms with E-state index in [2.05, 4.69) is 36.6 Å². The Balaban J connectivity index is 2.25. The van der Waals surface area contributed by atoms with Gasteiger partial charge in [-0.15, -0.1) is 0 Å². The van der Waals surface area contributed by atoms with E-state index in [1.165, 1.54) is 11.0 Å². The molecule has 1 heterocycles. The van der Waals surface area contributed by atoms with Crippen molar-refractivity contribution >= 4 is 53.5 Å². The van der Waals surface area contributed by atoms with Gasteiger partial charge in [-0.1, -0.05) is 15.9 Å². The van der Waals surface area contributed by atoms with Gasteiger partial charge in [0.25, 0.3) is 0 Å². The lowest BCUT2D eigenvalue weighted by Gasteiger charge is -2.30.